The number of rotatable bonds is 2. The Balaban J connectivity index is 0.000000956. The quantitative estimate of drug-likeness (QED) is 0.821. The van der Waals surface area contributed by atoms with Crippen LogP contribution in [0.25, 0.3) is 11.3 Å². The van der Waals surface area contributed by atoms with E-state index in [4.69, 9.17) is 0 Å². The van der Waals surface area contributed by atoms with Crippen LogP contribution in [0.3, 0.4) is 0 Å². The van der Waals surface area contributed by atoms with E-state index in [-0.39, 0.29) is 5.75 Å². The summed E-state index contributed by atoms with van der Waals surface area (Å²) in [5, 5.41) is 0. The molecule has 1 aromatic heterocycles. The maximum absolute atomic E-state index is 12.0. The van der Waals surface area contributed by atoms with Gasteiger partial charge in [0.25, 0.3) is 0 Å². The van der Waals surface area contributed by atoms with Gasteiger partial charge in [0.2, 0.25) is 0 Å². The Kier molecular flexibility index (Phi) is 5.49. The Morgan fingerprint density at radius 3 is 2.10 bits per heavy atom. The Morgan fingerprint density at radius 2 is 1.60 bits per heavy atom. The molecule has 0 N–H and O–H groups in total. The molecule has 0 aliphatic rings. The zero-order chi connectivity index (χ0) is 15.2. The van der Waals surface area contributed by atoms with Gasteiger partial charge in [-0.25, -0.2) is 9.97 Å². The summed E-state index contributed by atoms with van der Waals surface area (Å²) in [5.74, 6) is -0.253. The molecule has 0 radical (unpaired) electrons. The lowest BCUT2D eigenvalue weighted by Gasteiger charge is -2.09. The maximum Gasteiger partial charge on any atom is 0.573 e. The van der Waals surface area contributed by atoms with Crippen LogP contribution in [0.5, 0.6) is 5.75 Å². The number of nitrogens with zero attached hydrogens (tertiary/aromatic N) is 2. The summed E-state index contributed by atoms with van der Waals surface area (Å²) in [6.45, 7) is 5.81. The Labute approximate surface area is 115 Å². The molecule has 0 atom stereocenters. The molecule has 0 unspecified atom stereocenters. The lowest BCUT2D eigenvalue weighted by Crippen LogP contribution is -2.16. The third kappa shape index (κ3) is 4.87. The summed E-state index contributed by atoms with van der Waals surface area (Å²) in [7, 11) is 0. The van der Waals surface area contributed by atoms with Crippen molar-refractivity contribution in [1.82, 2.24) is 9.97 Å². The van der Waals surface area contributed by atoms with E-state index in [0.717, 1.165) is 5.69 Å². The molecule has 0 bridgehead atoms. The number of aryl methyl sites for hydroxylation is 1. The van der Waals surface area contributed by atoms with E-state index in [1.807, 2.05) is 20.8 Å². The molecular formula is C14H15F3N2O. The fourth-order valence-electron chi connectivity index (χ4n) is 1.44. The van der Waals surface area contributed by atoms with Gasteiger partial charge < -0.3 is 4.74 Å². The maximum atomic E-state index is 12.0. The van der Waals surface area contributed by atoms with Crippen molar-refractivity contribution in [2.75, 3.05) is 0 Å². The normalized spacial score (nSPS) is 10.5. The molecule has 0 spiro atoms. The molecule has 2 rings (SSSR count). The summed E-state index contributed by atoms with van der Waals surface area (Å²) < 4.78 is 39.7. The van der Waals surface area contributed by atoms with E-state index < -0.39 is 6.36 Å². The van der Waals surface area contributed by atoms with E-state index in [1.165, 1.54) is 30.6 Å². The van der Waals surface area contributed by atoms with Crippen LogP contribution in [0.2, 0.25) is 0 Å². The average Bonchev–Trinajstić information content (AvgIpc) is 2.40. The second kappa shape index (κ2) is 6.88. The van der Waals surface area contributed by atoms with Gasteiger partial charge in [-0.15, -0.1) is 13.2 Å². The zero-order valence-electron chi connectivity index (χ0n) is 11.4. The highest BCUT2D eigenvalue weighted by Crippen LogP contribution is 2.25. The monoisotopic (exact) mass is 284 g/mol. The SMILES string of the molecule is CC.Cc1cc(-c2ccc(OC(F)(F)F)cc2)ncn1. The van der Waals surface area contributed by atoms with Gasteiger partial charge in [-0.2, -0.15) is 0 Å². The van der Waals surface area contributed by atoms with E-state index in [9.17, 15) is 13.2 Å². The third-order valence-corrected chi connectivity index (χ3v) is 2.19. The van der Waals surface area contributed by atoms with Crippen molar-refractivity contribution in [3.8, 4) is 17.0 Å². The summed E-state index contributed by atoms with van der Waals surface area (Å²) >= 11 is 0. The molecule has 1 heterocycles. The van der Waals surface area contributed by atoms with Crippen LogP contribution in [0, 0.1) is 6.92 Å². The first-order valence-corrected chi connectivity index (χ1v) is 6.09. The zero-order valence-corrected chi connectivity index (χ0v) is 11.4. The van der Waals surface area contributed by atoms with Crippen molar-refractivity contribution >= 4 is 0 Å². The minimum Gasteiger partial charge on any atom is -0.406 e. The first-order valence-electron chi connectivity index (χ1n) is 6.09. The Hall–Kier alpha value is -2.11. The van der Waals surface area contributed by atoms with Gasteiger partial charge in [0.15, 0.2) is 0 Å². The fraction of sp³-hybridized carbons (Fsp3) is 0.286. The van der Waals surface area contributed by atoms with Crippen LogP contribution in [0.15, 0.2) is 36.7 Å². The third-order valence-electron chi connectivity index (χ3n) is 2.19. The lowest BCUT2D eigenvalue weighted by molar-refractivity contribution is -0.274. The summed E-state index contributed by atoms with van der Waals surface area (Å²) in [4.78, 5) is 7.99. The molecule has 6 heteroatoms. The minimum atomic E-state index is -4.67. The second-order valence-electron chi connectivity index (χ2n) is 3.62. The lowest BCUT2D eigenvalue weighted by atomic mass is 10.1. The van der Waals surface area contributed by atoms with Crippen molar-refractivity contribution in [2.24, 2.45) is 0 Å². The predicted octanol–water partition coefficient (Wildman–Crippen LogP) is 4.38. The van der Waals surface area contributed by atoms with E-state index in [2.05, 4.69) is 14.7 Å². The Morgan fingerprint density at radius 1 is 1.00 bits per heavy atom. The molecule has 0 aliphatic heterocycles. The van der Waals surface area contributed by atoms with Crippen LogP contribution in [0.4, 0.5) is 13.2 Å². The minimum absolute atomic E-state index is 0.253. The summed E-state index contributed by atoms with van der Waals surface area (Å²) in [5.41, 5.74) is 2.15. The molecule has 1 aromatic carbocycles. The van der Waals surface area contributed by atoms with Crippen LogP contribution in [-0.2, 0) is 0 Å². The number of hydrogen-bond donors (Lipinski definition) is 0. The molecule has 0 amide bonds. The van der Waals surface area contributed by atoms with Crippen LogP contribution in [0.1, 0.15) is 19.5 Å². The fourth-order valence-corrected chi connectivity index (χ4v) is 1.44. The van der Waals surface area contributed by atoms with Gasteiger partial charge >= 0.3 is 6.36 Å². The molecule has 2 aromatic rings. The van der Waals surface area contributed by atoms with E-state index in [0.29, 0.717) is 11.3 Å². The molecular weight excluding hydrogens is 269 g/mol. The first-order chi connectivity index (χ1) is 9.44. The van der Waals surface area contributed by atoms with Crippen molar-refractivity contribution in [3.05, 3.63) is 42.4 Å². The number of hydrogen-bond acceptors (Lipinski definition) is 3. The number of aromatic nitrogens is 2. The largest absolute Gasteiger partial charge is 0.573 e. The second-order valence-corrected chi connectivity index (χ2v) is 3.62. The standard InChI is InChI=1S/C12H9F3N2O.C2H6/c1-8-6-11(17-7-16-8)9-2-4-10(5-3-9)18-12(13,14)15;1-2/h2-7H,1H3;1-2H3. The molecule has 0 aliphatic carbocycles. The van der Waals surface area contributed by atoms with Gasteiger partial charge in [0.1, 0.15) is 12.1 Å². The molecule has 3 nitrogen and oxygen atoms in total. The van der Waals surface area contributed by atoms with Gasteiger partial charge in [-0.05, 0) is 37.3 Å². The first kappa shape index (κ1) is 15.9. The molecule has 0 fully saturated rings. The Bertz CT molecular complexity index is 539. The van der Waals surface area contributed by atoms with Crippen LogP contribution < -0.4 is 4.74 Å². The van der Waals surface area contributed by atoms with Crippen LogP contribution >= 0.6 is 0 Å². The number of benzene rings is 1. The highest BCUT2D eigenvalue weighted by atomic mass is 19.4. The summed E-state index contributed by atoms with van der Waals surface area (Å²) in [6, 6.07) is 7.28. The molecule has 108 valence electrons. The van der Waals surface area contributed by atoms with E-state index >= 15 is 0 Å². The van der Waals surface area contributed by atoms with Gasteiger partial charge in [0, 0.05) is 11.3 Å². The van der Waals surface area contributed by atoms with E-state index in [1.54, 1.807) is 6.07 Å². The average molecular weight is 284 g/mol. The van der Waals surface area contributed by atoms with Crippen molar-refractivity contribution < 1.29 is 17.9 Å². The van der Waals surface area contributed by atoms with Crippen molar-refractivity contribution in [1.29, 1.82) is 0 Å². The van der Waals surface area contributed by atoms with Gasteiger partial charge in [0.05, 0.1) is 5.69 Å². The molecule has 0 saturated carbocycles. The predicted molar refractivity (Wildman–Crippen MR) is 70.2 cm³/mol. The number of halogens is 3. The number of ether oxygens (including phenoxy) is 1. The van der Waals surface area contributed by atoms with Gasteiger partial charge in [-0.1, -0.05) is 13.8 Å². The topological polar surface area (TPSA) is 35.0 Å². The highest BCUT2D eigenvalue weighted by Gasteiger charge is 2.30. The van der Waals surface area contributed by atoms with Gasteiger partial charge in [-0.3, -0.25) is 0 Å². The van der Waals surface area contributed by atoms with Crippen molar-refractivity contribution in [2.45, 2.75) is 27.1 Å². The smallest absolute Gasteiger partial charge is 0.406 e. The molecule has 20 heavy (non-hydrogen) atoms. The van der Waals surface area contributed by atoms with Crippen LogP contribution in [-0.4, -0.2) is 16.3 Å². The highest BCUT2D eigenvalue weighted by molar-refractivity contribution is 5.59. The summed E-state index contributed by atoms with van der Waals surface area (Å²) in [6.07, 6.45) is -3.27. The molecule has 0 saturated heterocycles. The number of alkyl halides is 3. The van der Waals surface area contributed by atoms with Crippen molar-refractivity contribution in [3.63, 3.8) is 0 Å².